The minimum absolute atomic E-state index is 0.131. The molecule has 12 heteroatoms. The Morgan fingerprint density at radius 2 is 2.18 bits per heavy atom. The minimum atomic E-state index is -3.49. The lowest BCUT2D eigenvalue weighted by Gasteiger charge is -2.23. The predicted octanol–water partition coefficient (Wildman–Crippen LogP) is 2.00. The van der Waals surface area contributed by atoms with Gasteiger partial charge in [-0.3, -0.25) is 4.68 Å². The van der Waals surface area contributed by atoms with E-state index in [0.29, 0.717) is 25.3 Å². The van der Waals surface area contributed by atoms with E-state index in [-0.39, 0.29) is 17.1 Å². The third-order valence-electron chi connectivity index (χ3n) is 5.91. The van der Waals surface area contributed by atoms with Crippen molar-refractivity contribution < 1.29 is 8.42 Å². The van der Waals surface area contributed by atoms with E-state index in [1.54, 1.807) is 12.3 Å². The molecule has 11 nitrogen and oxygen atoms in total. The molecule has 33 heavy (non-hydrogen) atoms. The maximum absolute atomic E-state index is 11.8. The molecule has 0 aliphatic carbocycles. The maximum atomic E-state index is 11.8. The summed E-state index contributed by atoms with van der Waals surface area (Å²) >= 11 is 0. The van der Waals surface area contributed by atoms with Crippen LogP contribution in [-0.2, 0) is 9.84 Å². The summed E-state index contributed by atoms with van der Waals surface area (Å²) in [7, 11) is -3.49. The number of nitrogens with one attached hydrogen (secondary N) is 1. The van der Waals surface area contributed by atoms with Crippen LogP contribution >= 0.6 is 0 Å². The Morgan fingerprint density at radius 1 is 1.30 bits per heavy atom. The Morgan fingerprint density at radius 3 is 3.00 bits per heavy atom. The molecule has 1 aliphatic heterocycles. The first-order chi connectivity index (χ1) is 15.9. The molecule has 1 saturated heterocycles. The van der Waals surface area contributed by atoms with Crippen molar-refractivity contribution in [1.82, 2.24) is 34.7 Å². The Kier molecular flexibility index (Phi) is 5.26. The van der Waals surface area contributed by atoms with E-state index in [1.165, 1.54) is 12.5 Å². The molecule has 5 heterocycles. The van der Waals surface area contributed by atoms with Gasteiger partial charge in [-0.05, 0) is 18.6 Å². The van der Waals surface area contributed by atoms with Gasteiger partial charge in [0, 0.05) is 54.8 Å². The molecule has 4 aromatic heterocycles. The summed E-state index contributed by atoms with van der Waals surface area (Å²) < 4.78 is 25.5. The van der Waals surface area contributed by atoms with Crippen molar-refractivity contribution in [2.75, 3.05) is 24.2 Å². The lowest BCUT2D eigenvalue weighted by Crippen LogP contribution is -2.26. The van der Waals surface area contributed by atoms with Crippen LogP contribution in [-0.4, -0.2) is 62.5 Å². The van der Waals surface area contributed by atoms with Crippen molar-refractivity contribution in [2.45, 2.75) is 24.0 Å². The van der Waals surface area contributed by atoms with Crippen molar-refractivity contribution in [2.24, 2.45) is 5.92 Å². The Labute approximate surface area is 190 Å². The number of rotatable bonds is 6. The number of sulfone groups is 1. The molecule has 2 atom stereocenters. The number of anilines is 1. The van der Waals surface area contributed by atoms with E-state index < -0.39 is 9.84 Å². The van der Waals surface area contributed by atoms with E-state index in [0.717, 1.165) is 35.0 Å². The molecule has 0 bridgehead atoms. The number of fused-ring (bicyclic) bond motifs is 1. The highest BCUT2D eigenvalue weighted by Crippen LogP contribution is 2.33. The number of nitriles is 1. The van der Waals surface area contributed by atoms with Crippen molar-refractivity contribution in [3.8, 4) is 17.3 Å². The molecule has 0 radical (unpaired) electrons. The lowest BCUT2D eigenvalue weighted by atomic mass is 9.96. The molecule has 0 saturated carbocycles. The molecule has 0 aromatic carbocycles. The normalized spacial score (nSPS) is 17.3. The molecule has 168 valence electrons. The zero-order valence-electron chi connectivity index (χ0n) is 17.8. The second-order valence-electron chi connectivity index (χ2n) is 8.07. The Bertz CT molecular complexity index is 1450. The molecule has 1 N–H and O–H groups in total. The number of nitrogens with zero attached hydrogens (tertiary/aromatic N) is 8. The number of H-pyrrole nitrogens is 1. The average Bonchev–Trinajstić information content (AvgIpc) is 3.57. The van der Waals surface area contributed by atoms with Crippen molar-refractivity contribution in [3.63, 3.8) is 0 Å². The molecule has 0 amide bonds. The van der Waals surface area contributed by atoms with E-state index in [9.17, 15) is 13.7 Å². The molecule has 5 rings (SSSR count). The van der Waals surface area contributed by atoms with Gasteiger partial charge in [-0.25, -0.2) is 28.4 Å². The Balaban J connectivity index is 1.40. The summed E-state index contributed by atoms with van der Waals surface area (Å²) in [5.41, 5.74) is 2.39. The first kappa shape index (κ1) is 21.0. The first-order valence-corrected chi connectivity index (χ1v) is 12.3. The number of aromatic amines is 1. The monoisotopic (exact) mass is 463 g/mol. The van der Waals surface area contributed by atoms with Crippen LogP contribution in [0.4, 0.5) is 5.82 Å². The smallest absolute Gasteiger partial charge is 0.248 e. The van der Waals surface area contributed by atoms with Crippen LogP contribution in [0.15, 0.2) is 48.4 Å². The van der Waals surface area contributed by atoms with Gasteiger partial charge in [0.2, 0.25) is 15.0 Å². The van der Waals surface area contributed by atoms with Gasteiger partial charge in [-0.15, -0.1) is 0 Å². The van der Waals surface area contributed by atoms with Gasteiger partial charge in [-0.2, -0.15) is 10.4 Å². The van der Waals surface area contributed by atoms with Gasteiger partial charge < -0.3 is 9.88 Å². The summed E-state index contributed by atoms with van der Waals surface area (Å²) in [6.45, 7) is 1.34. The zero-order valence-corrected chi connectivity index (χ0v) is 18.6. The fourth-order valence-electron chi connectivity index (χ4n) is 4.31. The van der Waals surface area contributed by atoms with Gasteiger partial charge in [0.15, 0.2) is 0 Å². The van der Waals surface area contributed by atoms with E-state index in [2.05, 4.69) is 36.1 Å². The SMILES string of the molecule is CS(=O)(=O)c1nccc(N2CCC(C(CC#N)n3cc(-c4ncnc5[nH]ccc45)cn3)C2)n1. The van der Waals surface area contributed by atoms with Crippen LogP contribution in [0.5, 0.6) is 0 Å². The standard InChI is InChI=1S/C21H21N9O2S/c1-33(31,32)21-24-8-4-18(28-21)29-9-5-14(11-29)17(2-6-22)30-12-15(10-27-30)19-16-3-7-23-20(16)26-13-25-19/h3-4,7-8,10,12-14,17H,2,5,9,11H2,1H3,(H,23,25,26). The fourth-order valence-corrected chi connectivity index (χ4v) is 4.82. The van der Waals surface area contributed by atoms with Crippen LogP contribution in [0.1, 0.15) is 18.9 Å². The second kappa shape index (κ2) is 8.25. The van der Waals surface area contributed by atoms with Gasteiger partial charge in [-0.1, -0.05) is 0 Å². The maximum Gasteiger partial charge on any atom is 0.248 e. The molecular weight excluding hydrogens is 442 g/mol. The fraction of sp³-hybridized carbons (Fsp3) is 0.333. The van der Waals surface area contributed by atoms with Crippen molar-refractivity contribution in [1.29, 1.82) is 5.26 Å². The van der Waals surface area contributed by atoms with Gasteiger partial charge in [0.05, 0.1) is 30.4 Å². The summed E-state index contributed by atoms with van der Waals surface area (Å²) in [5, 5.41) is 14.8. The second-order valence-corrected chi connectivity index (χ2v) is 9.97. The van der Waals surface area contributed by atoms with Crippen LogP contribution in [0, 0.1) is 17.2 Å². The topological polar surface area (TPSA) is 146 Å². The summed E-state index contributed by atoms with van der Waals surface area (Å²) in [6.07, 6.45) is 10.7. The van der Waals surface area contributed by atoms with Crippen molar-refractivity contribution >= 4 is 26.7 Å². The molecule has 2 unspecified atom stereocenters. The van der Waals surface area contributed by atoms with Crippen LogP contribution in [0.3, 0.4) is 0 Å². The largest absolute Gasteiger partial charge is 0.356 e. The summed E-state index contributed by atoms with van der Waals surface area (Å²) in [4.78, 5) is 21.9. The Hall–Kier alpha value is -3.85. The highest BCUT2D eigenvalue weighted by Gasteiger charge is 2.32. The highest BCUT2D eigenvalue weighted by atomic mass is 32.2. The number of aromatic nitrogens is 7. The van der Waals surface area contributed by atoms with Crippen molar-refractivity contribution in [3.05, 3.63) is 43.2 Å². The highest BCUT2D eigenvalue weighted by molar-refractivity contribution is 7.90. The average molecular weight is 464 g/mol. The summed E-state index contributed by atoms with van der Waals surface area (Å²) in [5.74, 6) is 0.715. The molecule has 1 aliphatic rings. The molecule has 1 fully saturated rings. The van der Waals surface area contributed by atoms with Gasteiger partial charge in [0.1, 0.15) is 17.8 Å². The molecule has 0 spiro atoms. The number of hydrogen-bond donors (Lipinski definition) is 1. The van der Waals surface area contributed by atoms with Gasteiger partial charge in [0.25, 0.3) is 0 Å². The third kappa shape index (κ3) is 4.03. The van der Waals surface area contributed by atoms with Crippen LogP contribution < -0.4 is 4.90 Å². The molecule has 4 aromatic rings. The third-order valence-corrected chi connectivity index (χ3v) is 6.77. The van der Waals surface area contributed by atoms with E-state index in [1.807, 2.05) is 28.0 Å². The van der Waals surface area contributed by atoms with Crippen LogP contribution in [0.2, 0.25) is 0 Å². The van der Waals surface area contributed by atoms with E-state index in [4.69, 9.17) is 0 Å². The quantitative estimate of drug-likeness (QED) is 0.424. The first-order valence-electron chi connectivity index (χ1n) is 10.4. The van der Waals surface area contributed by atoms with Gasteiger partial charge >= 0.3 is 0 Å². The zero-order chi connectivity index (χ0) is 23.0. The van der Waals surface area contributed by atoms with Crippen LogP contribution in [0.25, 0.3) is 22.3 Å². The molecular formula is C21H21N9O2S. The summed E-state index contributed by atoms with van der Waals surface area (Å²) in [6, 6.07) is 5.79. The van der Waals surface area contributed by atoms with E-state index >= 15 is 0 Å². The number of hydrogen-bond acceptors (Lipinski definition) is 9. The predicted molar refractivity (Wildman–Crippen MR) is 120 cm³/mol. The lowest BCUT2D eigenvalue weighted by molar-refractivity contribution is 0.332. The minimum Gasteiger partial charge on any atom is -0.356 e.